The van der Waals surface area contributed by atoms with Crippen LogP contribution in [0.5, 0.6) is 0 Å². The maximum Gasteiger partial charge on any atom is 0.315 e. The van der Waals surface area contributed by atoms with Gasteiger partial charge in [-0.25, -0.2) is 4.79 Å². The van der Waals surface area contributed by atoms with Gasteiger partial charge in [-0.2, -0.15) is 0 Å². The third-order valence-corrected chi connectivity index (χ3v) is 3.36. The lowest BCUT2D eigenvalue weighted by molar-refractivity contribution is 0.234. The summed E-state index contributed by atoms with van der Waals surface area (Å²) in [4.78, 5) is 11.7. The fraction of sp³-hybridized carbons (Fsp3) is 0.562. The Morgan fingerprint density at radius 3 is 2.26 bits per heavy atom. The summed E-state index contributed by atoms with van der Waals surface area (Å²) >= 11 is 0. The molecule has 0 heterocycles. The van der Waals surface area contributed by atoms with Gasteiger partial charge in [-0.1, -0.05) is 44.5 Å². The lowest BCUT2D eigenvalue weighted by atomic mass is 10.0. The van der Waals surface area contributed by atoms with Crippen LogP contribution in [-0.4, -0.2) is 12.1 Å². The zero-order valence-electron chi connectivity index (χ0n) is 12.5. The van der Waals surface area contributed by atoms with Crippen LogP contribution in [0.1, 0.15) is 57.7 Å². The summed E-state index contributed by atoms with van der Waals surface area (Å²) in [6.07, 6.45) is 3.20. The molecule has 1 rings (SSSR count). The van der Waals surface area contributed by atoms with Crippen LogP contribution in [0.4, 0.5) is 4.79 Å². The van der Waals surface area contributed by atoms with Crippen molar-refractivity contribution in [1.29, 1.82) is 0 Å². The van der Waals surface area contributed by atoms with Gasteiger partial charge in [0.05, 0.1) is 6.04 Å². The molecule has 0 saturated heterocycles. The number of nitrogens with one attached hydrogen (secondary N) is 2. The molecular formula is C16H26N2O. The molecule has 0 aromatic heterocycles. The number of aryl methyl sites for hydroxylation is 1. The predicted octanol–water partition coefficient (Wildman–Crippen LogP) is 3.80. The number of benzene rings is 1. The van der Waals surface area contributed by atoms with E-state index in [1.165, 1.54) is 5.56 Å². The maximum atomic E-state index is 11.7. The van der Waals surface area contributed by atoms with E-state index in [-0.39, 0.29) is 18.1 Å². The molecule has 0 aliphatic rings. The summed E-state index contributed by atoms with van der Waals surface area (Å²) in [7, 11) is 0. The van der Waals surface area contributed by atoms with Crippen LogP contribution in [-0.2, 0) is 6.42 Å². The highest BCUT2D eigenvalue weighted by atomic mass is 16.2. The summed E-state index contributed by atoms with van der Waals surface area (Å²) in [5.74, 6) is 0. The van der Waals surface area contributed by atoms with Gasteiger partial charge in [0.2, 0.25) is 0 Å². The third kappa shape index (κ3) is 5.33. The zero-order chi connectivity index (χ0) is 14.3. The van der Waals surface area contributed by atoms with Crippen molar-refractivity contribution >= 4 is 6.03 Å². The van der Waals surface area contributed by atoms with Gasteiger partial charge >= 0.3 is 6.03 Å². The highest BCUT2D eigenvalue weighted by molar-refractivity contribution is 5.74. The molecule has 0 fully saturated rings. The lowest BCUT2D eigenvalue weighted by Crippen LogP contribution is -2.41. The normalized spacial score (nSPS) is 13.7. The second-order valence-corrected chi connectivity index (χ2v) is 5.14. The molecule has 2 N–H and O–H groups in total. The Labute approximate surface area is 116 Å². The summed E-state index contributed by atoms with van der Waals surface area (Å²) < 4.78 is 0. The molecule has 2 amide bonds. The highest BCUT2D eigenvalue weighted by Gasteiger charge is 2.10. The van der Waals surface area contributed by atoms with Crippen molar-refractivity contribution in [3.63, 3.8) is 0 Å². The van der Waals surface area contributed by atoms with Gasteiger partial charge in [-0.3, -0.25) is 0 Å². The van der Waals surface area contributed by atoms with E-state index in [1.807, 2.05) is 13.8 Å². The van der Waals surface area contributed by atoms with Crippen LogP contribution in [0.15, 0.2) is 24.3 Å². The quantitative estimate of drug-likeness (QED) is 0.804. The minimum atomic E-state index is -0.0977. The number of hydrogen-bond donors (Lipinski definition) is 2. The Bertz CT molecular complexity index is 386. The molecule has 0 unspecified atom stereocenters. The summed E-state index contributed by atoms with van der Waals surface area (Å²) in [5, 5.41) is 5.87. The maximum absolute atomic E-state index is 11.7. The Morgan fingerprint density at radius 1 is 1.11 bits per heavy atom. The number of rotatable bonds is 6. The summed E-state index contributed by atoms with van der Waals surface area (Å²) in [6.45, 7) is 8.24. The van der Waals surface area contributed by atoms with Crippen LogP contribution in [0.25, 0.3) is 0 Å². The van der Waals surface area contributed by atoms with Gasteiger partial charge in [-0.15, -0.1) is 0 Å². The number of hydrogen-bond acceptors (Lipinski definition) is 1. The fourth-order valence-corrected chi connectivity index (χ4v) is 1.91. The first-order valence-electron chi connectivity index (χ1n) is 7.22. The number of amides is 2. The lowest BCUT2D eigenvalue weighted by Gasteiger charge is -2.18. The van der Waals surface area contributed by atoms with Crippen molar-refractivity contribution < 1.29 is 4.79 Å². The molecule has 0 saturated carbocycles. The second kappa shape index (κ2) is 7.82. The van der Waals surface area contributed by atoms with Crippen molar-refractivity contribution in [2.24, 2.45) is 0 Å². The Morgan fingerprint density at radius 2 is 1.74 bits per heavy atom. The van der Waals surface area contributed by atoms with E-state index in [2.05, 4.69) is 48.7 Å². The smallest absolute Gasteiger partial charge is 0.315 e. The van der Waals surface area contributed by atoms with Crippen molar-refractivity contribution in [2.45, 2.75) is 59.0 Å². The molecule has 3 nitrogen and oxygen atoms in total. The van der Waals surface area contributed by atoms with Crippen LogP contribution in [0, 0.1) is 0 Å². The molecule has 19 heavy (non-hydrogen) atoms. The molecule has 0 radical (unpaired) electrons. The van der Waals surface area contributed by atoms with E-state index in [0.29, 0.717) is 0 Å². The SMILES string of the molecule is CCCc1ccc([C@@H](C)NC(=O)N[C@@H](C)CC)cc1. The molecule has 3 heteroatoms. The molecule has 1 aromatic rings. The monoisotopic (exact) mass is 262 g/mol. The van der Waals surface area contributed by atoms with Crippen LogP contribution in [0.2, 0.25) is 0 Å². The Balaban J connectivity index is 2.52. The number of carbonyl (C=O) groups is 1. The predicted molar refractivity (Wildman–Crippen MR) is 80.3 cm³/mol. The first-order chi connectivity index (χ1) is 9.06. The molecule has 0 aliphatic carbocycles. The molecule has 106 valence electrons. The average Bonchev–Trinajstić information content (AvgIpc) is 2.39. The number of urea groups is 1. The van der Waals surface area contributed by atoms with Gasteiger partial charge in [0.25, 0.3) is 0 Å². The molecule has 2 atom stereocenters. The van der Waals surface area contributed by atoms with Gasteiger partial charge in [-0.05, 0) is 37.8 Å². The van der Waals surface area contributed by atoms with Crippen molar-refractivity contribution in [3.8, 4) is 0 Å². The minimum absolute atomic E-state index is 0.0275. The minimum Gasteiger partial charge on any atom is -0.336 e. The van der Waals surface area contributed by atoms with Gasteiger partial charge in [0, 0.05) is 6.04 Å². The van der Waals surface area contributed by atoms with E-state index < -0.39 is 0 Å². The van der Waals surface area contributed by atoms with E-state index in [4.69, 9.17) is 0 Å². The fourth-order valence-electron chi connectivity index (χ4n) is 1.91. The van der Waals surface area contributed by atoms with Crippen molar-refractivity contribution in [2.75, 3.05) is 0 Å². The van der Waals surface area contributed by atoms with Crippen LogP contribution < -0.4 is 10.6 Å². The second-order valence-electron chi connectivity index (χ2n) is 5.14. The van der Waals surface area contributed by atoms with Gasteiger partial charge < -0.3 is 10.6 Å². The molecule has 1 aromatic carbocycles. The van der Waals surface area contributed by atoms with E-state index in [0.717, 1.165) is 24.8 Å². The largest absolute Gasteiger partial charge is 0.336 e. The zero-order valence-corrected chi connectivity index (χ0v) is 12.5. The number of carbonyl (C=O) groups excluding carboxylic acids is 1. The van der Waals surface area contributed by atoms with Crippen LogP contribution in [0.3, 0.4) is 0 Å². The Hall–Kier alpha value is -1.51. The first-order valence-corrected chi connectivity index (χ1v) is 7.22. The average molecular weight is 262 g/mol. The summed E-state index contributed by atoms with van der Waals surface area (Å²) in [5.41, 5.74) is 2.49. The van der Waals surface area contributed by atoms with E-state index >= 15 is 0 Å². The standard InChI is InChI=1S/C16H26N2O/c1-5-7-14-8-10-15(11-9-14)13(4)18-16(19)17-12(3)6-2/h8-13H,5-7H2,1-4H3,(H2,17,18,19)/t12-,13+/m0/s1. The highest BCUT2D eigenvalue weighted by Crippen LogP contribution is 2.14. The third-order valence-electron chi connectivity index (χ3n) is 3.36. The first kappa shape index (κ1) is 15.5. The molecular weight excluding hydrogens is 236 g/mol. The topological polar surface area (TPSA) is 41.1 Å². The van der Waals surface area contributed by atoms with E-state index in [1.54, 1.807) is 0 Å². The Kier molecular flexibility index (Phi) is 6.40. The summed E-state index contributed by atoms with van der Waals surface area (Å²) in [6, 6.07) is 8.62. The molecule has 0 aliphatic heterocycles. The van der Waals surface area contributed by atoms with E-state index in [9.17, 15) is 4.79 Å². The van der Waals surface area contributed by atoms with Crippen molar-refractivity contribution in [1.82, 2.24) is 10.6 Å². The molecule has 0 bridgehead atoms. The van der Waals surface area contributed by atoms with Gasteiger partial charge in [0.1, 0.15) is 0 Å². The van der Waals surface area contributed by atoms with Crippen molar-refractivity contribution in [3.05, 3.63) is 35.4 Å². The van der Waals surface area contributed by atoms with Gasteiger partial charge in [0.15, 0.2) is 0 Å². The van der Waals surface area contributed by atoms with Crippen LogP contribution >= 0.6 is 0 Å². The molecule has 0 spiro atoms.